The Labute approximate surface area is 117 Å². The molecular weight excluding hydrogens is 292 g/mol. The highest BCUT2D eigenvalue weighted by Gasteiger charge is 2.14. The van der Waals surface area contributed by atoms with E-state index in [1.165, 1.54) is 38.5 Å². The number of hydrogen-bond acceptors (Lipinski definition) is 4. The highest BCUT2D eigenvalue weighted by Crippen LogP contribution is 2.25. The molecule has 1 aliphatic rings. The van der Waals surface area contributed by atoms with Gasteiger partial charge in [0.1, 0.15) is 5.82 Å². The molecule has 1 aromatic rings. The fourth-order valence-electron chi connectivity index (χ4n) is 2.33. The quantitative estimate of drug-likeness (QED) is 0.830. The summed E-state index contributed by atoms with van der Waals surface area (Å²) in [7, 11) is 0. The minimum absolute atomic E-state index is 0.549. The van der Waals surface area contributed by atoms with E-state index in [0.717, 1.165) is 16.8 Å². The smallest absolute Gasteiger partial charge is 0.224 e. The molecule has 0 spiro atoms. The van der Waals surface area contributed by atoms with Crippen LogP contribution in [0.5, 0.6) is 0 Å². The molecule has 0 saturated heterocycles. The van der Waals surface area contributed by atoms with E-state index >= 15 is 0 Å². The Morgan fingerprint density at radius 2 is 2.00 bits per heavy atom. The van der Waals surface area contributed by atoms with Crippen LogP contribution in [0.2, 0.25) is 0 Å². The first-order valence-corrected chi connectivity index (χ1v) is 7.62. The molecule has 2 rings (SSSR count). The molecule has 1 heterocycles. The fraction of sp³-hybridized carbons (Fsp3) is 0.692. The topological polar surface area (TPSA) is 49.8 Å². The van der Waals surface area contributed by atoms with Gasteiger partial charge in [-0.15, -0.1) is 0 Å². The number of hydrogen-bond donors (Lipinski definition) is 2. The molecule has 1 fully saturated rings. The van der Waals surface area contributed by atoms with E-state index in [2.05, 4.69) is 36.5 Å². The van der Waals surface area contributed by atoms with Gasteiger partial charge in [0.25, 0.3) is 0 Å². The van der Waals surface area contributed by atoms with Crippen molar-refractivity contribution in [2.45, 2.75) is 51.5 Å². The van der Waals surface area contributed by atoms with Crippen molar-refractivity contribution in [3.63, 3.8) is 0 Å². The fourth-order valence-corrected chi connectivity index (χ4v) is 2.63. The molecular formula is C13H21BrN4. The van der Waals surface area contributed by atoms with Crippen LogP contribution in [0, 0.1) is 0 Å². The van der Waals surface area contributed by atoms with E-state index in [0.29, 0.717) is 12.0 Å². The van der Waals surface area contributed by atoms with Crippen molar-refractivity contribution >= 4 is 27.7 Å². The number of rotatable bonds is 4. The van der Waals surface area contributed by atoms with Crippen molar-refractivity contribution in [2.24, 2.45) is 0 Å². The molecule has 1 aromatic heterocycles. The second-order valence-electron chi connectivity index (χ2n) is 4.75. The van der Waals surface area contributed by atoms with Crippen LogP contribution in [0.15, 0.2) is 10.7 Å². The summed E-state index contributed by atoms with van der Waals surface area (Å²) in [5, 5.41) is 6.69. The van der Waals surface area contributed by atoms with E-state index < -0.39 is 0 Å². The van der Waals surface area contributed by atoms with Crippen molar-refractivity contribution in [3.8, 4) is 0 Å². The average molecular weight is 313 g/mol. The van der Waals surface area contributed by atoms with Crippen LogP contribution in [0.1, 0.15) is 45.4 Å². The molecule has 0 radical (unpaired) electrons. The van der Waals surface area contributed by atoms with Gasteiger partial charge < -0.3 is 10.6 Å². The van der Waals surface area contributed by atoms with Crippen molar-refractivity contribution in [1.82, 2.24) is 9.97 Å². The summed E-state index contributed by atoms with van der Waals surface area (Å²) in [6.07, 6.45) is 9.67. The van der Waals surface area contributed by atoms with E-state index in [1.54, 1.807) is 0 Å². The number of nitrogens with one attached hydrogen (secondary N) is 2. The Morgan fingerprint density at radius 3 is 2.67 bits per heavy atom. The minimum Gasteiger partial charge on any atom is -0.366 e. The second kappa shape index (κ2) is 6.92. The van der Waals surface area contributed by atoms with Crippen molar-refractivity contribution in [1.29, 1.82) is 0 Å². The normalized spacial score (nSPS) is 17.2. The van der Waals surface area contributed by atoms with Crippen molar-refractivity contribution in [2.75, 3.05) is 17.2 Å². The maximum atomic E-state index is 4.51. The maximum Gasteiger partial charge on any atom is 0.224 e. The molecule has 1 aliphatic carbocycles. The van der Waals surface area contributed by atoms with Gasteiger partial charge in [0.15, 0.2) is 0 Å². The number of aromatic nitrogens is 2. The highest BCUT2D eigenvalue weighted by molar-refractivity contribution is 9.10. The first-order chi connectivity index (χ1) is 8.79. The van der Waals surface area contributed by atoms with E-state index in [9.17, 15) is 0 Å². The maximum absolute atomic E-state index is 4.51. The standard InChI is InChI=1S/C13H21BrN4/c1-2-15-13-16-9-11(14)12(18-13)17-10-7-5-3-4-6-8-10/h9-10H,2-8H2,1H3,(H2,15,16,17,18). The summed E-state index contributed by atoms with van der Waals surface area (Å²) in [6, 6.07) is 0.549. The van der Waals surface area contributed by atoms with Crippen LogP contribution < -0.4 is 10.6 Å². The molecule has 4 nitrogen and oxygen atoms in total. The van der Waals surface area contributed by atoms with Gasteiger partial charge >= 0.3 is 0 Å². The summed E-state index contributed by atoms with van der Waals surface area (Å²) in [5.41, 5.74) is 0. The Morgan fingerprint density at radius 1 is 1.28 bits per heavy atom. The molecule has 2 N–H and O–H groups in total. The van der Waals surface area contributed by atoms with Crippen LogP contribution in [0.25, 0.3) is 0 Å². The Bertz CT molecular complexity index is 375. The zero-order chi connectivity index (χ0) is 12.8. The van der Waals surface area contributed by atoms with E-state index in [4.69, 9.17) is 0 Å². The van der Waals surface area contributed by atoms with Gasteiger partial charge in [-0.2, -0.15) is 4.98 Å². The Balaban J connectivity index is 2.04. The predicted molar refractivity (Wildman–Crippen MR) is 79.0 cm³/mol. The van der Waals surface area contributed by atoms with Crippen molar-refractivity contribution in [3.05, 3.63) is 10.7 Å². The third kappa shape index (κ3) is 3.83. The van der Waals surface area contributed by atoms with Gasteiger partial charge in [0, 0.05) is 18.8 Å². The summed E-state index contributed by atoms with van der Waals surface area (Å²) in [6.45, 7) is 2.88. The average Bonchev–Trinajstić information content (AvgIpc) is 2.62. The summed E-state index contributed by atoms with van der Waals surface area (Å²) >= 11 is 3.51. The van der Waals surface area contributed by atoms with Crippen LogP contribution in [0.4, 0.5) is 11.8 Å². The van der Waals surface area contributed by atoms with E-state index in [-0.39, 0.29) is 0 Å². The monoisotopic (exact) mass is 312 g/mol. The third-order valence-corrected chi connectivity index (χ3v) is 3.86. The summed E-state index contributed by atoms with van der Waals surface area (Å²) in [4.78, 5) is 8.74. The molecule has 0 aliphatic heterocycles. The highest BCUT2D eigenvalue weighted by atomic mass is 79.9. The molecule has 5 heteroatoms. The third-order valence-electron chi connectivity index (χ3n) is 3.28. The molecule has 0 unspecified atom stereocenters. The van der Waals surface area contributed by atoms with Gasteiger partial charge in [0.2, 0.25) is 5.95 Å². The molecule has 0 aromatic carbocycles. The largest absolute Gasteiger partial charge is 0.366 e. The van der Waals surface area contributed by atoms with Gasteiger partial charge in [0.05, 0.1) is 4.47 Å². The van der Waals surface area contributed by atoms with E-state index in [1.807, 2.05) is 13.1 Å². The number of anilines is 2. The zero-order valence-electron chi connectivity index (χ0n) is 10.9. The first kappa shape index (κ1) is 13.6. The first-order valence-electron chi connectivity index (χ1n) is 6.82. The zero-order valence-corrected chi connectivity index (χ0v) is 12.5. The molecule has 18 heavy (non-hydrogen) atoms. The van der Waals surface area contributed by atoms with Gasteiger partial charge in [-0.3, -0.25) is 0 Å². The number of nitrogens with zero attached hydrogens (tertiary/aromatic N) is 2. The van der Waals surface area contributed by atoms with Crippen LogP contribution in [-0.2, 0) is 0 Å². The Kier molecular flexibility index (Phi) is 5.23. The minimum atomic E-state index is 0.549. The molecule has 0 amide bonds. The Hall–Kier alpha value is -0.840. The van der Waals surface area contributed by atoms with Gasteiger partial charge in [-0.25, -0.2) is 4.98 Å². The lowest BCUT2D eigenvalue weighted by atomic mass is 10.1. The van der Waals surface area contributed by atoms with Crippen LogP contribution in [-0.4, -0.2) is 22.6 Å². The number of halogens is 1. The lowest BCUT2D eigenvalue weighted by Gasteiger charge is -2.18. The molecule has 1 saturated carbocycles. The van der Waals surface area contributed by atoms with Crippen LogP contribution >= 0.6 is 15.9 Å². The summed E-state index contributed by atoms with van der Waals surface area (Å²) < 4.78 is 0.938. The van der Waals surface area contributed by atoms with Gasteiger partial charge in [-0.1, -0.05) is 25.7 Å². The molecule has 0 atom stereocenters. The van der Waals surface area contributed by atoms with Crippen molar-refractivity contribution < 1.29 is 0 Å². The molecule has 100 valence electrons. The molecule has 0 bridgehead atoms. The second-order valence-corrected chi connectivity index (χ2v) is 5.61. The summed E-state index contributed by atoms with van der Waals surface area (Å²) in [5.74, 6) is 1.60. The SMILES string of the molecule is CCNc1ncc(Br)c(NC2CCCCCC2)n1. The van der Waals surface area contributed by atoms with Crippen LogP contribution in [0.3, 0.4) is 0 Å². The predicted octanol–water partition coefficient (Wildman–Crippen LogP) is 3.81. The van der Waals surface area contributed by atoms with Gasteiger partial charge in [-0.05, 0) is 35.7 Å². The lowest BCUT2D eigenvalue weighted by molar-refractivity contribution is 0.617. The lowest BCUT2D eigenvalue weighted by Crippen LogP contribution is -2.20.